The molecule has 0 spiro atoms. The number of carbonyl (C=O) groups is 1. The molecule has 1 aliphatic carbocycles. The van der Waals surface area contributed by atoms with Crippen molar-refractivity contribution < 1.29 is 9.53 Å². The van der Waals surface area contributed by atoms with Crippen LogP contribution in [0.25, 0.3) is 0 Å². The van der Waals surface area contributed by atoms with Gasteiger partial charge in [0, 0.05) is 37.5 Å². The third-order valence-electron chi connectivity index (χ3n) is 5.86. The monoisotopic (exact) mass is 407 g/mol. The van der Waals surface area contributed by atoms with Gasteiger partial charge in [-0.2, -0.15) is 5.26 Å². The number of ether oxygens (including phenoxy) is 1. The van der Waals surface area contributed by atoms with Crippen LogP contribution in [0.3, 0.4) is 0 Å². The van der Waals surface area contributed by atoms with Gasteiger partial charge in [0.25, 0.3) is 0 Å². The van der Waals surface area contributed by atoms with E-state index in [9.17, 15) is 4.79 Å². The summed E-state index contributed by atoms with van der Waals surface area (Å²) in [6.45, 7) is 1.27. The number of nitriles is 1. The highest BCUT2D eigenvalue weighted by atomic mass is 16.5. The Morgan fingerprint density at radius 3 is 2.73 bits per heavy atom. The number of allylic oxidation sites excluding steroid dienone is 1. The minimum Gasteiger partial charge on any atom is -0.501 e. The molecule has 0 atom stereocenters. The molecule has 1 fully saturated rings. The van der Waals surface area contributed by atoms with Crippen LogP contribution in [0.15, 0.2) is 59.3 Å². The van der Waals surface area contributed by atoms with Crippen LogP contribution in [-0.2, 0) is 14.9 Å². The summed E-state index contributed by atoms with van der Waals surface area (Å²) < 4.78 is 5.20. The number of nitrogens with one attached hydrogen (secondary N) is 3. The molecular weight excluding hydrogens is 378 g/mol. The molecule has 1 aromatic carbocycles. The van der Waals surface area contributed by atoms with Gasteiger partial charge in [0.1, 0.15) is 0 Å². The Morgan fingerprint density at radius 2 is 2.10 bits per heavy atom. The molecule has 1 aromatic rings. The maximum Gasteiger partial charge on any atom is 0.244 e. The van der Waals surface area contributed by atoms with Crippen molar-refractivity contribution in [3.05, 3.63) is 59.9 Å². The minimum absolute atomic E-state index is 0.0861. The first-order valence-corrected chi connectivity index (χ1v) is 10.4. The second-order valence-electron chi connectivity index (χ2n) is 7.74. The Kier molecular flexibility index (Phi) is 7.50. The summed E-state index contributed by atoms with van der Waals surface area (Å²) in [4.78, 5) is 16.2. The lowest BCUT2D eigenvalue weighted by molar-refractivity contribution is -0.116. The molecule has 2 aliphatic rings. The molecule has 1 heterocycles. The van der Waals surface area contributed by atoms with E-state index in [1.807, 2.05) is 30.5 Å². The van der Waals surface area contributed by atoms with E-state index in [4.69, 9.17) is 10.00 Å². The average molecular weight is 408 g/mol. The van der Waals surface area contributed by atoms with Crippen molar-refractivity contribution in [1.29, 1.82) is 5.26 Å². The standard InChI is InChI=1S/C23H29N5O2/c1-25-22(27-17-24)28-20-9-12-23(13-10-20,19-5-3-2-4-6-19)16-26-21(29)8-7-18-11-14-30-15-18/h2-8,15,20H,9-14,16H2,1H3,(H,26,29)(H2,25,27,28)/b8-7+/t20-,23-. The molecular formula is C23H29N5O2. The molecule has 3 N–H and O–H groups in total. The van der Waals surface area contributed by atoms with Crippen molar-refractivity contribution in [2.75, 3.05) is 20.2 Å². The third kappa shape index (κ3) is 5.63. The molecule has 7 heteroatoms. The topological polar surface area (TPSA) is 98.5 Å². The summed E-state index contributed by atoms with van der Waals surface area (Å²) in [6.07, 6.45) is 11.5. The highest BCUT2D eigenvalue weighted by Crippen LogP contribution is 2.39. The third-order valence-corrected chi connectivity index (χ3v) is 5.86. The van der Waals surface area contributed by atoms with Gasteiger partial charge >= 0.3 is 0 Å². The molecule has 0 radical (unpaired) electrons. The van der Waals surface area contributed by atoms with Crippen molar-refractivity contribution in [3.8, 4) is 6.19 Å². The number of hydrogen-bond acceptors (Lipinski definition) is 4. The molecule has 0 bridgehead atoms. The first-order chi connectivity index (χ1) is 14.6. The fourth-order valence-corrected chi connectivity index (χ4v) is 4.10. The van der Waals surface area contributed by atoms with Crippen molar-refractivity contribution in [1.82, 2.24) is 16.0 Å². The maximum absolute atomic E-state index is 12.4. The second kappa shape index (κ2) is 10.5. The molecule has 158 valence electrons. The number of benzene rings is 1. The van der Waals surface area contributed by atoms with Gasteiger partial charge in [0.15, 0.2) is 0 Å². The Hall–Kier alpha value is -3.27. The molecule has 1 amide bonds. The predicted molar refractivity (Wildman–Crippen MR) is 116 cm³/mol. The normalized spacial score (nSPS) is 23.9. The van der Waals surface area contributed by atoms with Crippen LogP contribution in [0, 0.1) is 11.5 Å². The molecule has 0 aromatic heterocycles. The lowest BCUT2D eigenvalue weighted by Crippen LogP contribution is -2.49. The Morgan fingerprint density at radius 1 is 1.33 bits per heavy atom. The summed E-state index contributed by atoms with van der Waals surface area (Å²) in [6, 6.07) is 10.6. The van der Waals surface area contributed by atoms with Gasteiger partial charge in [-0.05, 0) is 36.8 Å². The second-order valence-corrected chi connectivity index (χ2v) is 7.74. The first-order valence-electron chi connectivity index (χ1n) is 10.4. The van der Waals surface area contributed by atoms with Crippen LogP contribution in [0.2, 0.25) is 0 Å². The van der Waals surface area contributed by atoms with E-state index in [1.54, 1.807) is 19.4 Å². The number of carbonyl (C=O) groups excluding carboxylic acids is 1. The van der Waals surface area contributed by atoms with Gasteiger partial charge in [0.2, 0.25) is 18.1 Å². The number of amides is 1. The van der Waals surface area contributed by atoms with Gasteiger partial charge in [-0.1, -0.05) is 36.4 Å². The molecule has 0 saturated heterocycles. The summed E-state index contributed by atoms with van der Waals surface area (Å²) in [7, 11) is 1.75. The summed E-state index contributed by atoms with van der Waals surface area (Å²) in [5.74, 6) is 0.412. The van der Waals surface area contributed by atoms with E-state index in [-0.39, 0.29) is 17.4 Å². The summed E-state index contributed by atoms with van der Waals surface area (Å²) >= 11 is 0. The molecule has 7 nitrogen and oxygen atoms in total. The van der Waals surface area contributed by atoms with Gasteiger partial charge in [-0.3, -0.25) is 4.79 Å². The fourth-order valence-electron chi connectivity index (χ4n) is 4.10. The SMILES string of the molecule is CN/C(=N\C#N)N[C@H]1CC[C@](CNC(=O)/C=C/C2=COCC2)(c2ccccc2)CC1. The van der Waals surface area contributed by atoms with Gasteiger partial charge in [0.05, 0.1) is 12.9 Å². The Bertz CT molecular complexity index is 846. The minimum atomic E-state index is -0.106. The zero-order valence-electron chi connectivity index (χ0n) is 17.4. The van der Waals surface area contributed by atoms with Crippen molar-refractivity contribution in [2.45, 2.75) is 43.6 Å². The fraction of sp³-hybridized carbons (Fsp3) is 0.435. The summed E-state index contributed by atoms with van der Waals surface area (Å²) in [5.41, 5.74) is 2.18. The molecule has 3 rings (SSSR count). The van der Waals surface area contributed by atoms with Crippen LogP contribution in [0.1, 0.15) is 37.7 Å². The quantitative estimate of drug-likeness (QED) is 0.291. The highest BCUT2D eigenvalue weighted by Gasteiger charge is 2.37. The zero-order valence-corrected chi connectivity index (χ0v) is 17.4. The van der Waals surface area contributed by atoms with E-state index in [1.165, 1.54) is 5.56 Å². The van der Waals surface area contributed by atoms with Gasteiger partial charge in [-0.25, -0.2) is 0 Å². The number of rotatable bonds is 6. The van der Waals surface area contributed by atoms with E-state index in [2.05, 4.69) is 33.1 Å². The van der Waals surface area contributed by atoms with E-state index < -0.39 is 0 Å². The molecule has 1 aliphatic heterocycles. The zero-order chi connectivity index (χ0) is 21.2. The number of aliphatic imine (C=N–C) groups is 1. The maximum atomic E-state index is 12.4. The van der Waals surface area contributed by atoms with Gasteiger partial charge < -0.3 is 20.7 Å². The largest absolute Gasteiger partial charge is 0.501 e. The number of guanidine groups is 1. The van der Waals surface area contributed by atoms with Crippen LogP contribution < -0.4 is 16.0 Å². The highest BCUT2D eigenvalue weighted by molar-refractivity contribution is 5.88. The van der Waals surface area contributed by atoms with Crippen molar-refractivity contribution >= 4 is 11.9 Å². The molecule has 30 heavy (non-hydrogen) atoms. The smallest absolute Gasteiger partial charge is 0.244 e. The molecule has 1 saturated carbocycles. The number of nitrogens with zero attached hydrogens (tertiary/aromatic N) is 2. The predicted octanol–water partition coefficient (Wildman–Crippen LogP) is 2.49. The van der Waals surface area contributed by atoms with Gasteiger partial charge in [-0.15, -0.1) is 4.99 Å². The number of hydrogen-bond donors (Lipinski definition) is 3. The van der Waals surface area contributed by atoms with Crippen LogP contribution in [0.4, 0.5) is 0 Å². The van der Waals surface area contributed by atoms with E-state index in [0.717, 1.165) is 37.7 Å². The van der Waals surface area contributed by atoms with Crippen LogP contribution in [0.5, 0.6) is 0 Å². The van der Waals surface area contributed by atoms with E-state index in [0.29, 0.717) is 19.1 Å². The lowest BCUT2D eigenvalue weighted by Gasteiger charge is -2.41. The Balaban J connectivity index is 1.64. The first kappa shape index (κ1) is 21.4. The van der Waals surface area contributed by atoms with Crippen LogP contribution >= 0.6 is 0 Å². The van der Waals surface area contributed by atoms with Crippen LogP contribution in [-0.4, -0.2) is 38.1 Å². The average Bonchev–Trinajstić information content (AvgIpc) is 3.31. The van der Waals surface area contributed by atoms with Crippen molar-refractivity contribution in [3.63, 3.8) is 0 Å². The Labute approximate surface area is 177 Å². The molecule has 0 unspecified atom stereocenters. The van der Waals surface area contributed by atoms with E-state index >= 15 is 0 Å². The van der Waals surface area contributed by atoms with Crippen molar-refractivity contribution in [2.24, 2.45) is 4.99 Å². The summed E-state index contributed by atoms with van der Waals surface area (Å²) in [5, 5.41) is 18.1. The lowest BCUT2D eigenvalue weighted by atomic mass is 9.68.